The third-order valence-electron chi connectivity index (χ3n) is 4.14. The number of para-hydroxylation sites is 1. The molecule has 8 heteroatoms. The molecule has 6 nitrogen and oxygen atoms in total. The fourth-order valence-electron chi connectivity index (χ4n) is 2.86. The number of carbonyl (C=O) groups is 2. The van der Waals surface area contributed by atoms with Crippen molar-refractivity contribution in [3.05, 3.63) is 34.7 Å². The first kappa shape index (κ1) is 19.9. The maximum Gasteiger partial charge on any atom is 0.344 e. The lowest BCUT2D eigenvalue weighted by Crippen LogP contribution is -2.35. The van der Waals surface area contributed by atoms with E-state index >= 15 is 0 Å². The summed E-state index contributed by atoms with van der Waals surface area (Å²) < 4.78 is 16.6. The summed E-state index contributed by atoms with van der Waals surface area (Å²) in [6, 6.07) is 7.22. The van der Waals surface area contributed by atoms with Crippen LogP contribution in [-0.2, 0) is 19.1 Å². The van der Waals surface area contributed by atoms with Crippen LogP contribution in [0.5, 0.6) is 5.75 Å². The summed E-state index contributed by atoms with van der Waals surface area (Å²) in [6.45, 7) is 3.09. The summed E-state index contributed by atoms with van der Waals surface area (Å²) in [7, 11) is 0. The van der Waals surface area contributed by atoms with E-state index in [9.17, 15) is 9.59 Å². The normalized spacial score (nSPS) is 21.1. The number of esters is 1. The molecule has 2 fully saturated rings. The second-order valence-electron chi connectivity index (χ2n) is 6.06. The van der Waals surface area contributed by atoms with Crippen molar-refractivity contribution in [3.8, 4) is 5.75 Å². The Kier molecular flexibility index (Phi) is 6.87. The summed E-state index contributed by atoms with van der Waals surface area (Å²) in [5, 5.41) is 0. The molecule has 0 bridgehead atoms. The first-order valence-corrected chi connectivity index (χ1v) is 10.1. The second kappa shape index (κ2) is 9.34. The molecule has 0 N–H and O–H groups in total. The van der Waals surface area contributed by atoms with Crippen LogP contribution in [-0.4, -0.2) is 53.6 Å². The van der Waals surface area contributed by atoms with Crippen molar-refractivity contribution in [1.29, 1.82) is 0 Å². The lowest BCUT2D eigenvalue weighted by atomic mass is 10.2. The van der Waals surface area contributed by atoms with Gasteiger partial charge in [-0.25, -0.2) is 4.79 Å². The predicted molar refractivity (Wildman–Crippen MR) is 107 cm³/mol. The van der Waals surface area contributed by atoms with Crippen LogP contribution >= 0.6 is 24.0 Å². The molecule has 144 valence electrons. The molecule has 0 radical (unpaired) electrons. The number of hydrogen-bond donors (Lipinski definition) is 0. The van der Waals surface area contributed by atoms with Crippen molar-refractivity contribution in [2.24, 2.45) is 0 Å². The monoisotopic (exact) mass is 407 g/mol. The van der Waals surface area contributed by atoms with Crippen molar-refractivity contribution in [1.82, 2.24) is 4.90 Å². The van der Waals surface area contributed by atoms with Crippen molar-refractivity contribution in [2.45, 2.75) is 25.9 Å². The first-order valence-electron chi connectivity index (χ1n) is 8.83. The van der Waals surface area contributed by atoms with Gasteiger partial charge in [-0.2, -0.15) is 0 Å². The van der Waals surface area contributed by atoms with Gasteiger partial charge in [0.2, 0.25) is 0 Å². The summed E-state index contributed by atoms with van der Waals surface area (Å²) in [5.74, 6) is -0.0502. The van der Waals surface area contributed by atoms with Crippen LogP contribution in [0.2, 0.25) is 0 Å². The van der Waals surface area contributed by atoms with Crippen molar-refractivity contribution in [2.75, 3.05) is 26.4 Å². The zero-order chi connectivity index (χ0) is 19.2. The molecule has 0 aliphatic carbocycles. The third kappa shape index (κ3) is 5.09. The Hall–Kier alpha value is -1.90. The van der Waals surface area contributed by atoms with E-state index < -0.39 is 5.97 Å². The van der Waals surface area contributed by atoms with Gasteiger partial charge < -0.3 is 14.2 Å². The molecule has 1 amide bonds. The average molecular weight is 408 g/mol. The van der Waals surface area contributed by atoms with Gasteiger partial charge in [0.15, 0.2) is 6.61 Å². The fourth-order valence-corrected chi connectivity index (χ4v) is 4.13. The van der Waals surface area contributed by atoms with E-state index in [0.717, 1.165) is 19.4 Å². The highest BCUT2D eigenvalue weighted by Crippen LogP contribution is 2.35. The molecule has 2 aliphatic rings. The molecule has 2 aliphatic heterocycles. The summed E-state index contributed by atoms with van der Waals surface area (Å²) in [6.07, 6.45) is 3.75. The minimum absolute atomic E-state index is 0.0482. The highest BCUT2D eigenvalue weighted by atomic mass is 32.2. The molecular weight excluding hydrogens is 386 g/mol. The van der Waals surface area contributed by atoms with Crippen molar-refractivity contribution < 1.29 is 23.8 Å². The predicted octanol–water partition coefficient (Wildman–Crippen LogP) is 3.01. The maximum absolute atomic E-state index is 12.7. The number of hydrogen-bond acceptors (Lipinski definition) is 7. The van der Waals surface area contributed by atoms with Gasteiger partial charge in [0, 0.05) is 12.2 Å². The number of carbonyl (C=O) groups excluding carboxylic acids is 2. The minimum atomic E-state index is -0.435. The van der Waals surface area contributed by atoms with Crippen LogP contribution < -0.4 is 4.74 Å². The summed E-state index contributed by atoms with van der Waals surface area (Å²) in [5.41, 5.74) is 0.708. The van der Waals surface area contributed by atoms with Crippen LogP contribution in [0, 0.1) is 0 Å². The van der Waals surface area contributed by atoms with Gasteiger partial charge in [-0.15, -0.1) is 0 Å². The lowest BCUT2D eigenvalue weighted by molar-refractivity contribution is -0.145. The smallest absolute Gasteiger partial charge is 0.344 e. The molecule has 2 heterocycles. The standard InChI is InChI=1S/C19H21NO5S2/c1-2-23-17(21)12-25-15-8-4-3-6-13(15)10-16-18(22)20(19(26)27-16)11-14-7-5-9-24-14/h3-4,6,8,10,14H,2,5,7,9,11-12H2,1H3/b16-10-/t14-/m0/s1. The zero-order valence-corrected chi connectivity index (χ0v) is 16.6. The average Bonchev–Trinajstić information content (AvgIpc) is 3.26. The van der Waals surface area contributed by atoms with Crippen LogP contribution in [0.4, 0.5) is 0 Å². The van der Waals surface area contributed by atoms with Crippen LogP contribution in [0.25, 0.3) is 6.08 Å². The van der Waals surface area contributed by atoms with E-state index in [-0.39, 0.29) is 18.6 Å². The molecule has 2 saturated heterocycles. The van der Waals surface area contributed by atoms with Gasteiger partial charge in [-0.1, -0.05) is 42.2 Å². The second-order valence-corrected chi connectivity index (χ2v) is 7.73. The Bertz CT molecular complexity index is 758. The number of thioether (sulfide) groups is 1. The van der Waals surface area contributed by atoms with Crippen molar-refractivity contribution in [3.63, 3.8) is 0 Å². The van der Waals surface area contributed by atoms with Crippen LogP contribution in [0.1, 0.15) is 25.3 Å². The van der Waals surface area contributed by atoms with Gasteiger partial charge >= 0.3 is 5.97 Å². The van der Waals surface area contributed by atoms with Gasteiger partial charge in [0.05, 0.1) is 24.2 Å². The van der Waals surface area contributed by atoms with E-state index in [0.29, 0.717) is 33.7 Å². The molecule has 1 aromatic rings. The van der Waals surface area contributed by atoms with Gasteiger partial charge in [0.25, 0.3) is 5.91 Å². The number of nitrogens with zero attached hydrogens (tertiary/aromatic N) is 1. The summed E-state index contributed by atoms with van der Waals surface area (Å²) >= 11 is 6.64. The lowest BCUT2D eigenvalue weighted by Gasteiger charge is -2.18. The Labute approximate surface area is 167 Å². The van der Waals surface area contributed by atoms with Crippen LogP contribution in [0.15, 0.2) is 29.2 Å². The first-order chi connectivity index (χ1) is 13.1. The topological polar surface area (TPSA) is 65.1 Å². The molecule has 1 atom stereocenters. The number of amides is 1. The number of thiocarbonyl (C=S) groups is 1. The number of benzene rings is 1. The molecule has 0 saturated carbocycles. The SMILES string of the molecule is CCOC(=O)COc1ccccc1/C=C1\SC(=S)N(C[C@@H]2CCCO2)C1=O. The molecule has 3 rings (SSSR count). The zero-order valence-electron chi connectivity index (χ0n) is 15.0. The van der Waals surface area contributed by atoms with E-state index in [2.05, 4.69) is 0 Å². The van der Waals surface area contributed by atoms with E-state index in [1.165, 1.54) is 11.8 Å². The van der Waals surface area contributed by atoms with E-state index in [4.69, 9.17) is 26.4 Å². The fraction of sp³-hybridized carbons (Fsp3) is 0.421. The van der Waals surface area contributed by atoms with Crippen LogP contribution in [0.3, 0.4) is 0 Å². The molecule has 27 heavy (non-hydrogen) atoms. The Morgan fingerprint density at radius 3 is 3.00 bits per heavy atom. The van der Waals surface area contributed by atoms with Crippen molar-refractivity contribution >= 4 is 46.3 Å². The highest BCUT2D eigenvalue weighted by Gasteiger charge is 2.34. The maximum atomic E-state index is 12.7. The Morgan fingerprint density at radius 2 is 2.26 bits per heavy atom. The molecule has 0 spiro atoms. The number of ether oxygens (including phenoxy) is 3. The number of rotatable bonds is 7. The highest BCUT2D eigenvalue weighted by molar-refractivity contribution is 8.26. The Balaban J connectivity index is 1.71. The van der Waals surface area contributed by atoms with Gasteiger partial charge in [-0.3, -0.25) is 9.69 Å². The summed E-state index contributed by atoms with van der Waals surface area (Å²) in [4.78, 5) is 26.4. The molecule has 1 aromatic carbocycles. The quantitative estimate of drug-likeness (QED) is 0.391. The van der Waals surface area contributed by atoms with Gasteiger partial charge in [0.1, 0.15) is 10.1 Å². The Morgan fingerprint density at radius 1 is 1.44 bits per heavy atom. The minimum Gasteiger partial charge on any atom is -0.481 e. The molecule has 0 unspecified atom stereocenters. The van der Waals surface area contributed by atoms with E-state index in [1.807, 2.05) is 12.1 Å². The van der Waals surface area contributed by atoms with Gasteiger partial charge in [-0.05, 0) is 31.9 Å². The largest absolute Gasteiger partial charge is 0.481 e. The third-order valence-corrected chi connectivity index (χ3v) is 5.52. The van der Waals surface area contributed by atoms with E-state index in [1.54, 1.807) is 30.0 Å². The molecule has 0 aromatic heterocycles. The molecular formula is C19H21NO5S2.